The van der Waals surface area contributed by atoms with Gasteiger partial charge in [-0.1, -0.05) is 37.1 Å². The summed E-state index contributed by atoms with van der Waals surface area (Å²) >= 11 is 0. The SMILES string of the molecule is Cc1ccc(S(=O)(=O)N2CCCCCC2)cc1C(=O)NCc1ccccc1F. The summed E-state index contributed by atoms with van der Waals surface area (Å²) in [6, 6.07) is 10.8. The van der Waals surface area contributed by atoms with Crippen LogP contribution in [0.15, 0.2) is 47.4 Å². The van der Waals surface area contributed by atoms with Crippen molar-refractivity contribution in [3.8, 4) is 0 Å². The highest BCUT2D eigenvalue weighted by molar-refractivity contribution is 7.89. The molecule has 1 saturated heterocycles. The number of carbonyl (C=O) groups excluding carboxylic acids is 1. The molecule has 1 aliphatic heterocycles. The molecule has 1 fully saturated rings. The van der Waals surface area contributed by atoms with Crippen LogP contribution in [0.5, 0.6) is 0 Å². The number of carbonyl (C=O) groups is 1. The molecule has 0 atom stereocenters. The third-order valence-corrected chi connectivity index (χ3v) is 6.95. The third kappa shape index (κ3) is 4.59. The minimum atomic E-state index is -3.64. The summed E-state index contributed by atoms with van der Waals surface area (Å²) < 4.78 is 41.2. The molecule has 0 aliphatic carbocycles. The highest BCUT2D eigenvalue weighted by Crippen LogP contribution is 2.22. The number of halogens is 1. The van der Waals surface area contributed by atoms with Gasteiger partial charge in [0.1, 0.15) is 5.82 Å². The second-order valence-electron chi connectivity index (χ2n) is 7.07. The number of nitrogens with zero attached hydrogens (tertiary/aromatic N) is 1. The Morgan fingerprint density at radius 2 is 1.75 bits per heavy atom. The molecule has 7 heteroatoms. The van der Waals surface area contributed by atoms with Gasteiger partial charge in [-0.3, -0.25) is 4.79 Å². The molecule has 0 spiro atoms. The smallest absolute Gasteiger partial charge is 0.251 e. The van der Waals surface area contributed by atoms with Crippen LogP contribution in [0.25, 0.3) is 0 Å². The summed E-state index contributed by atoms with van der Waals surface area (Å²) in [5.41, 5.74) is 1.33. The molecule has 5 nitrogen and oxygen atoms in total. The number of nitrogens with one attached hydrogen (secondary N) is 1. The highest BCUT2D eigenvalue weighted by atomic mass is 32.2. The fourth-order valence-corrected chi connectivity index (χ4v) is 4.89. The average molecular weight is 405 g/mol. The van der Waals surface area contributed by atoms with E-state index in [4.69, 9.17) is 0 Å². The van der Waals surface area contributed by atoms with Gasteiger partial charge in [-0.2, -0.15) is 4.31 Å². The van der Waals surface area contributed by atoms with Gasteiger partial charge >= 0.3 is 0 Å². The van der Waals surface area contributed by atoms with E-state index in [2.05, 4.69) is 5.32 Å². The summed E-state index contributed by atoms with van der Waals surface area (Å²) in [6.07, 6.45) is 3.76. The van der Waals surface area contributed by atoms with Crippen molar-refractivity contribution < 1.29 is 17.6 Å². The number of aryl methyl sites for hydroxylation is 1. The van der Waals surface area contributed by atoms with Crippen LogP contribution >= 0.6 is 0 Å². The van der Waals surface area contributed by atoms with E-state index in [0.29, 0.717) is 24.2 Å². The lowest BCUT2D eigenvalue weighted by Gasteiger charge is -2.20. The Bertz CT molecular complexity index is 952. The van der Waals surface area contributed by atoms with E-state index >= 15 is 0 Å². The lowest BCUT2D eigenvalue weighted by Crippen LogP contribution is -2.32. The first-order valence-electron chi connectivity index (χ1n) is 9.52. The van der Waals surface area contributed by atoms with Crippen LogP contribution in [0.3, 0.4) is 0 Å². The van der Waals surface area contributed by atoms with Crippen molar-refractivity contribution in [2.45, 2.75) is 44.0 Å². The molecular weight excluding hydrogens is 379 g/mol. The van der Waals surface area contributed by atoms with E-state index in [1.807, 2.05) is 0 Å². The molecule has 1 amide bonds. The van der Waals surface area contributed by atoms with Gasteiger partial charge in [0.05, 0.1) is 4.90 Å². The normalized spacial score (nSPS) is 15.8. The maximum Gasteiger partial charge on any atom is 0.251 e. The molecule has 2 aromatic rings. The molecular formula is C21H25FN2O3S. The number of hydrogen-bond donors (Lipinski definition) is 1. The summed E-state index contributed by atoms with van der Waals surface area (Å²) in [4.78, 5) is 12.7. The maximum absolute atomic E-state index is 13.7. The first-order chi connectivity index (χ1) is 13.4. The Balaban J connectivity index is 1.80. The maximum atomic E-state index is 13.7. The van der Waals surface area contributed by atoms with Crippen molar-refractivity contribution >= 4 is 15.9 Å². The standard InChI is InChI=1S/C21H25FN2O3S/c1-16-10-11-18(28(26,27)24-12-6-2-3-7-13-24)14-19(16)21(25)23-15-17-8-4-5-9-20(17)22/h4-5,8-11,14H,2-3,6-7,12-13,15H2,1H3,(H,23,25). The minimum Gasteiger partial charge on any atom is -0.348 e. The van der Waals surface area contributed by atoms with Crippen molar-refractivity contribution in [2.24, 2.45) is 0 Å². The van der Waals surface area contributed by atoms with Crippen LogP contribution in [-0.4, -0.2) is 31.7 Å². The number of rotatable bonds is 5. The van der Waals surface area contributed by atoms with Gasteiger partial charge in [-0.25, -0.2) is 12.8 Å². The zero-order valence-corrected chi connectivity index (χ0v) is 16.8. The first-order valence-corrected chi connectivity index (χ1v) is 11.0. The fourth-order valence-electron chi connectivity index (χ4n) is 3.35. The number of sulfonamides is 1. The van der Waals surface area contributed by atoms with Crippen LogP contribution in [0.1, 0.15) is 47.2 Å². The van der Waals surface area contributed by atoms with Crippen LogP contribution in [0.4, 0.5) is 4.39 Å². The van der Waals surface area contributed by atoms with E-state index in [-0.39, 0.29) is 17.0 Å². The van der Waals surface area contributed by atoms with Crippen molar-refractivity contribution in [1.29, 1.82) is 0 Å². The lowest BCUT2D eigenvalue weighted by molar-refractivity contribution is 0.0949. The Labute approximate surface area is 165 Å². The van der Waals surface area contributed by atoms with Crippen LogP contribution in [0, 0.1) is 12.7 Å². The minimum absolute atomic E-state index is 0.0358. The molecule has 0 saturated carbocycles. The summed E-state index contributed by atoms with van der Waals surface area (Å²) in [5.74, 6) is -0.814. The largest absolute Gasteiger partial charge is 0.348 e. The number of amides is 1. The van der Waals surface area contributed by atoms with Gasteiger partial charge in [0.25, 0.3) is 5.91 Å². The van der Waals surface area contributed by atoms with Gasteiger partial charge < -0.3 is 5.32 Å². The van der Waals surface area contributed by atoms with Gasteiger partial charge in [0, 0.05) is 30.8 Å². The second-order valence-corrected chi connectivity index (χ2v) is 9.01. The van der Waals surface area contributed by atoms with E-state index in [1.165, 1.54) is 16.4 Å². The monoisotopic (exact) mass is 404 g/mol. The average Bonchev–Trinajstić information content (AvgIpc) is 2.97. The van der Waals surface area contributed by atoms with Gasteiger partial charge in [-0.15, -0.1) is 0 Å². The van der Waals surface area contributed by atoms with Crippen molar-refractivity contribution in [2.75, 3.05) is 13.1 Å². The predicted octanol–water partition coefficient (Wildman–Crippen LogP) is 3.63. The van der Waals surface area contributed by atoms with E-state index in [9.17, 15) is 17.6 Å². The molecule has 2 aromatic carbocycles. The molecule has 1 heterocycles. The summed E-state index contributed by atoms with van der Waals surface area (Å²) in [6.45, 7) is 2.80. The van der Waals surface area contributed by atoms with Crippen LogP contribution < -0.4 is 5.32 Å². The van der Waals surface area contributed by atoms with Crippen molar-refractivity contribution in [1.82, 2.24) is 9.62 Å². The Kier molecular flexibility index (Phi) is 6.46. The molecule has 0 aromatic heterocycles. The highest BCUT2D eigenvalue weighted by Gasteiger charge is 2.26. The fraction of sp³-hybridized carbons (Fsp3) is 0.381. The molecule has 1 aliphatic rings. The van der Waals surface area contributed by atoms with Gasteiger partial charge in [-0.05, 0) is 43.5 Å². The molecule has 28 heavy (non-hydrogen) atoms. The van der Waals surface area contributed by atoms with Crippen LogP contribution in [-0.2, 0) is 16.6 Å². The zero-order valence-electron chi connectivity index (χ0n) is 15.9. The summed E-state index contributed by atoms with van der Waals surface area (Å²) in [7, 11) is -3.64. The van der Waals surface area contributed by atoms with E-state index in [1.54, 1.807) is 37.3 Å². The molecule has 150 valence electrons. The first kappa shape index (κ1) is 20.5. The van der Waals surface area contributed by atoms with Crippen LogP contribution in [0.2, 0.25) is 0 Å². The molecule has 3 rings (SSSR count). The lowest BCUT2D eigenvalue weighted by atomic mass is 10.1. The number of hydrogen-bond acceptors (Lipinski definition) is 3. The summed E-state index contributed by atoms with van der Waals surface area (Å²) in [5, 5.41) is 2.68. The van der Waals surface area contributed by atoms with E-state index in [0.717, 1.165) is 25.7 Å². The molecule has 0 radical (unpaired) electrons. The Morgan fingerprint density at radius 1 is 1.07 bits per heavy atom. The predicted molar refractivity (Wildman–Crippen MR) is 106 cm³/mol. The second kappa shape index (κ2) is 8.84. The van der Waals surface area contributed by atoms with Gasteiger partial charge in [0.2, 0.25) is 10.0 Å². The third-order valence-electron chi connectivity index (χ3n) is 5.05. The quantitative estimate of drug-likeness (QED) is 0.828. The van der Waals surface area contributed by atoms with E-state index < -0.39 is 21.7 Å². The zero-order chi connectivity index (χ0) is 20.1. The Hall–Kier alpha value is -2.25. The molecule has 1 N–H and O–H groups in total. The van der Waals surface area contributed by atoms with Crippen molar-refractivity contribution in [3.05, 3.63) is 65.0 Å². The topological polar surface area (TPSA) is 66.5 Å². The van der Waals surface area contributed by atoms with Gasteiger partial charge in [0.15, 0.2) is 0 Å². The Morgan fingerprint density at radius 3 is 2.43 bits per heavy atom. The molecule has 0 bridgehead atoms. The van der Waals surface area contributed by atoms with Crippen molar-refractivity contribution in [3.63, 3.8) is 0 Å². The number of benzene rings is 2. The molecule has 0 unspecified atom stereocenters.